The summed E-state index contributed by atoms with van der Waals surface area (Å²) in [6.07, 6.45) is 4.08. The number of carbonyl (C=O) groups excluding carboxylic acids is 1. The molecule has 0 aliphatic heterocycles. The fraction of sp³-hybridized carbons (Fsp3) is 0.267. The second kappa shape index (κ2) is 12.1. The first-order chi connectivity index (χ1) is 17.5. The van der Waals surface area contributed by atoms with E-state index in [9.17, 15) is 9.59 Å². The smallest absolute Gasteiger partial charge is 0.305 e. The molecule has 1 heterocycles. The number of hydrogen-bond donors (Lipinski definition) is 3. The summed E-state index contributed by atoms with van der Waals surface area (Å²) in [5.74, 6) is -0.331. The molecular formula is C30H32N2O4. The van der Waals surface area contributed by atoms with Crippen LogP contribution in [-0.2, 0) is 11.2 Å². The molecule has 4 rings (SSSR count). The molecular weight excluding hydrogens is 452 g/mol. The predicted octanol–water partition coefficient (Wildman–Crippen LogP) is 6.52. The normalized spacial score (nSPS) is 11.8. The number of nitrogens with one attached hydrogen (secondary N) is 2. The molecule has 36 heavy (non-hydrogen) atoms. The molecule has 186 valence electrons. The van der Waals surface area contributed by atoms with Crippen LogP contribution in [0.1, 0.15) is 48.5 Å². The number of hydrogen-bond acceptors (Lipinski definition) is 4. The quantitative estimate of drug-likeness (QED) is 0.213. The minimum absolute atomic E-state index is 0.0935. The zero-order valence-electron chi connectivity index (χ0n) is 20.5. The fourth-order valence-corrected chi connectivity index (χ4v) is 4.23. The van der Waals surface area contributed by atoms with E-state index in [1.54, 1.807) is 12.1 Å². The van der Waals surface area contributed by atoms with Crippen LogP contribution < -0.4 is 10.6 Å². The molecule has 0 unspecified atom stereocenters. The monoisotopic (exact) mass is 484 g/mol. The number of carboxylic acid groups (broad SMARTS) is 1. The van der Waals surface area contributed by atoms with Crippen LogP contribution in [0.4, 0.5) is 5.69 Å². The second-order valence-corrected chi connectivity index (χ2v) is 9.01. The molecule has 1 amide bonds. The van der Waals surface area contributed by atoms with E-state index in [0.717, 1.165) is 53.7 Å². The lowest BCUT2D eigenvalue weighted by Crippen LogP contribution is -2.26. The SMILES string of the molecule is CCCC[C@@H](Cc1ccc(-c2cc3ccccc3o2)cc1)Nc1ccc(C(=O)NCCC(=O)O)cc1. The van der Waals surface area contributed by atoms with Crippen molar-refractivity contribution in [2.24, 2.45) is 0 Å². The predicted molar refractivity (Wildman–Crippen MR) is 143 cm³/mol. The summed E-state index contributed by atoms with van der Waals surface area (Å²) in [6, 6.07) is 26.2. The molecule has 4 aromatic rings. The van der Waals surface area contributed by atoms with E-state index >= 15 is 0 Å². The average Bonchev–Trinajstić information content (AvgIpc) is 3.32. The number of fused-ring (bicyclic) bond motifs is 1. The van der Waals surface area contributed by atoms with Gasteiger partial charge >= 0.3 is 5.97 Å². The number of aliphatic carboxylic acids is 1. The van der Waals surface area contributed by atoms with Crippen LogP contribution in [0.5, 0.6) is 0 Å². The van der Waals surface area contributed by atoms with Crippen molar-refractivity contribution >= 4 is 28.5 Å². The molecule has 3 N–H and O–H groups in total. The topological polar surface area (TPSA) is 91.6 Å². The maximum absolute atomic E-state index is 12.2. The molecule has 0 saturated carbocycles. The first-order valence-electron chi connectivity index (χ1n) is 12.5. The van der Waals surface area contributed by atoms with Crippen LogP contribution in [0.2, 0.25) is 0 Å². The summed E-state index contributed by atoms with van der Waals surface area (Å²) in [5, 5.41) is 16.1. The van der Waals surface area contributed by atoms with Gasteiger partial charge in [0.05, 0.1) is 6.42 Å². The van der Waals surface area contributed by atoms with Gasteiger partial charge in [0.1, 0.15) is 11.3 Å². The summed E-state index contributed by atoms with van der Waals surface area (Å²) >= 11 is 0. The Morgan fingerprint density at radius 1 is 0.972 bits per heavy atom. The third-order valence-corrected chi connectivity index (χ3v) is 6.19. The van der Waals surface area contributed by atoms with Gasteiger partial charge in [0.15, 0.2) is 0 Å². The maximum Gasteiger partial charge on any atom is 0.305 e. The first kappa shape index (κ1) is 25.0. The standard InChI is InChI=1S/C30H32N2O4/c1-2-3-7-26(32-25-15-13-23(14-16-25)30(35)31-18-17-29(33)34)19-21-9-11-22(12-10-21)28-20-24-6-4-5-8-27(24)36-28/h4-6,8-16,20,26,32H,2-3,7,17-19H2,1H3,(H,31,35)(H,33,34)/t26-/m0/s1. The van der Waals surface area contributed by atoms with Gasteiger partial charge in [-0.25, -0.2) is 0 Å². The number of unbranched alkanes of at least 4 members (excludes halogenated alkanes) is 1. The highest BCUT2D eigenvalue weighted by atomic mass is 16.4. The van der Waals surface area contributed by atoms with Crippen molar-refractivity contribution in [3.63, 3.8) is 0 Å². The molecule has 3 aromatic carbocycles. The third-order valence-electron chi connectivity index (χ3n) is 6.19. The molecule has 0 aliphatic carbocycles. The highest BCUT2D eigenvalue weighted by Crippen LogP contribution is 2.28. The number of rotatable bonds is 12. The molecule has 0 aliphatic rings. The van der Waals surface area contributed by atoms with Gasteiger partial charge in [-0.05, 0) is 54.8 Å². The van der Waals surface area contributed by atoms with Gasteiger partial charge in [-0.1, -0.05) is 62.2 Å². The highest BCUT2D eigenvalue weighted by molar-refractivity contribution is 5.94. The Bertz CT molecular complexity index is 1260. The van der Waals surface area contributed by atoms with Crippen LogP contribution in [0.15, 0.2) is 83.3 Å². The Labute approximate surface area is 211 Å². The van der Waals surface area contributed by atoms with Gasteiger partial charge < -0.3 is 20.2 Å². The van der Waals surface area contributed by atoms with Gasteiger partial charge in [-0.3, -0.25) is 9.59 Å². The molecule has 0 bridgehead atoms. The minimum atomic E-state index is -0.933. The van der Waals surface area contributed by atoms with Gasteiger partial charge in [-0.15, -0.1) is 0 Å². The number of amides is 1. The Morgan fingerprint density at radius 2 is 1.72 bits per heavy atom. The number of benzene rings is 3. The van der Waals surface area contributed by atoms with Crippen molar-refractivity contribution in [1.29, 1.82) is 0 Å². The molecule has 1 atom stereocenters. The first-order valence-corrected chi connectivity index (χ1v) is 12.5. The summed E-state index contributed by atoms with van der Waals surface area (Å²) in [5.41, 5.74) is 4.67. The minimum Gasteiger partial charge on any atom is -0.481 e. The van der Waals surface area contributed by atoms with E-state index in [1.165, 1.54) is 5.56 Å². The number of furan rings is 1. The van der Waals surface area contributed by atoms with E-state index in [2.05, 4.69) is 54.0 Å². The van der Waals surface area contributed by atoms with Crippen LogP contribution in [0.25, 0.3) is 22.3 Å². The van der Waals surface area contributed by atoms with Crippen LogP contribution in [-0.4, -0.2) is 29.6 Å². The number of carbonyl (C=O) groups is 2. The van der Waals surface area contributed by atoms with E-state index in [0.29, 0.717) is 5.56 Å². The largest absolute Gasteiger partial charge is 0.481 e. The molecule has 0 saturated heterocycles. The third kappa shape index (κ3) is 6.75. The van der Waals surface area contributed by atoms with Crippen molar-refractivity contribution in [1.82, 2.24) is 5.32 Å². The number of carboxylic acids is 1. The Kier molecular flexibility index (Phi) is 8.40. The zero-order valence-corrected chi connectivity index (χ0v) is 20.5. The van der Waals surface area contributed by atoms with Crippen LogP contribution in [0.3, 0.4) is 0 Å². The van der Waals surface area contributed by atoms with E-state index in [1.807, 2.05) is 30.3 Å². The molecule has 6 heteroatoms. The van der Waals surface area contributed by atoms with E-state index < -0.39 is 5.97 Å². The fourth-order valence-electron chi connectivity index (χ4n) is 4.23. The van der Waals surface area contributed by atoms with Crippen LogP contribution in [0, 0.1) is 0 Å². The Morgan fingerprint density at radius 3 is 2.42 bits per heavy atom. The van der Waals surface area contributed by atoms with Crippen molar-refractivity contribution in [2.45, 2.75) is 45.1 Å². The number of anilines is 1. The van der Waals surface area contributed by atoms with Crippen molar-refractivity contribution < 1.29 is 19.1 Å². The average molecular weight is 485 g/mol. The second-order valence-electron chi connectivity index (χ2n) is 9.01. The zero-order chi connectivity index (χ0) is 25.3. The Balaban J connectivity index is 1.38. The molecule has 0 fully saturated rings. The van der Waals surface area contributed by atoms with Crippen LogP contribution >= 0.6 is 0 Å². The summed E-state index contributed by atoms with van der Waals surface area (Å²) in [7, 11) is 0. The van der Waals surface area contributed by atoms with Gasteiger partial charge in [0.25, 0.3) is 5.91 Å². The molecule has 0 radical (unpaired) electrons. The molecule has 6 nitrogen and oxygen atoms in total. The summed E-state index contributed by atoms with van der Waals surface area (Å²) in [6.45, 7) is 2.30. The highest BCUT2D eigenvalue weighted by Gasteiger charge is 2.12. The number of para-hydroxylation sites is 1. The van der Waals surface area contributed by atoms with Gasteiger partial charge in [0.2, 0.25) is 0 Å². The lowest BCUT2D eigenvalue weighted by molar-refractivity contribution is -0.136. The summed E-state index contributed by atoms with van der Waals surface area (Å²) in [4.78, 5) is 22.8. The van der Waals surface area contributed by atoms with Crippen molar-refractivity contribution in [3.05, 3.63) is 90.0 Å². The van der Waals surface area contributed by atoms with E-state index in [-0.39, 0.29) is 24.9 Å². The summed E-state index contributed by atoms with van der Waals surface area (Å²) < 4.78 is 6.00. The van der Waals surface area contributed by atoms with E-state index in [4.69, 9.17) is 9.52 Å². The van der Waals surface area contributed by atoms with Crippen molar-refractivity contribution in [2.75, 3.05) is 11.9 Å². The van der Waals surface area contributed by atoms with Gasteiger partial charge in [-0.2, -0.15) is 0 Å². The molecule has 0 spiro atoms. The Hall–Kier alpha value is -4.06. The van der Waals surface area contributed by atoms with Gasteiger partial charge in [0, 0.05) is 34.8 Å². The lowest BCUT2D eigenvalue weighted by atomic mass is 9.99. The van der Waals surface area contributed by atoms with Crippen molar-refractivity contribution in [3.8, 4) is 11.3 Å². The maximum atomic E-state index is 12.2. The lowest BCUT2D eigenvalue weighted by Gasteiger charge is -2.20. The molecule has 1 aromatic heterocycles.